The van der Waals surface area contributed by atoms with Gasteiger partial charge in [0.2, 0.25) is 0 Å². The lowest BCUT2D eigenvalue weighted by atomic mass is 10.1. The van der Waals surface area contributed by atoms with Gasteiger partial charge in [-0.1, -0.05) is 31.9 Å². The lowest BCUT2D eigenvalue weighted by molar-refractivity contribution is 0.648. The van der Waals surface area contributed by atoms with Crippen LogP contribution in [0.4, 0.5) is 5.82 Å². The lowest BCUT2D eigenvalue weighted by Crippen LogP contribution is -2.27. The molecule has 29 heavy (non-hydrogen) atoms. The van der Waals surface area contributed by atoms with Crippen LogP contribution in [-0.4, -0.2) is 25.6 Å². The maximum absolute atomic E-state index is 12.7. The zero-order chi connectivity index (χ0) is 20.4. The maximum Gasteiger partial charge on any atom is 0.351 e. The molecular formula is C22H29N5OS. The van der Waals surface area contributed by atoms with Crippen molar-refractivity contribution < 1.29 is 0 Å². The predicted octanol–water partition coefficient (Wildman–Crippen LogP) is 4.52. The van der Waals surface area contributed by atoms with Crippen LogP contribution in [0.5, 0.6) is 0 Å². The van der Waals surface area contributed by atoms with Crippen LogP contribution < -0.4 is 11.0 Å². The number of H-pyrrole nitrogens is 1. The molecule has 4 rings (SSSR count). The van der Waals surface area contributed by atoms with Crippen molar-refractivity contribution >= 4 is 29.6 Å². The van der Waals surface area contributed by atoms with Gasteiger partial charge >= 0.3 is 5.69 Å². The number of hydrogen-bond donors (Lipinski definition) is 3. The van der Waals surface area contributed by atoms with E-state index in [1.165, 1.54) is 18.4 Å². The molecule has 0 spiro atoms. The molecule has 2 aromatic heterocycles. The van der Waals surface area contributed by atoms with Crippen LogP contribution in [0.3, 0.4) is 0 Å². The first-order valence-corrected chi connectivity index (χ1v) is 11.0. The number of nitrogens with one attached hydrogen (secondary N) is 2. The fourth-order valence-corrected chi connectivity index (χ4v) is 4.39. The number of imidazole rings is 1. The maximum atomic E-state index is 12.7. The predicted molar refractivity (Wildman–Crippen MR) is 120 cm³/mol. The summed E-state index contributed by atoms with van der Waals surface area (Å²) in [5, 5.41) is 3.45. The minimum absolute atomic E-state index is 0.121. The van der Waals surface area contributed by atoms with Gasteiger partial charge in [-0.3, -0.25) is 4.57 Å². The van der Waals surface area contributed by atoms with Crippen molar-refractivity contribution in [1.29, 1.82) is 0 Å². The summed E-state index contributed by atoms with van der Waals surface area (Å²) in [6.07, 6.45) is 6.51. The van der Waals surface area contributed by atoms with Gasteiger partial charge in [0.05, 0.1) is 0 Å². The van der Waals surface area contributed by atoms with E-state index in [9.17, 15) is 4.79 Å². The van der Waals surface area contributed by atoms with E-state index in [2.05, 4.69) is 53.9 Å². The molecule has 1 fully saturated rings. The van der Waals surface area contributed by atoms with Crippen LogP contribution in [0.1, 0.15) is 63.3 Å². The third-order valence-corrected chi connectivity index (χ3v) is 5.98. The third-order valence-electron chi connectivity index (χ3n) is 5.68. The smallest absolute Gasteiger partial charge is 0.351 e. The molecule has 0 bridgehead atoms. The molecule has 7 heteroatoms. The number of hydrogen-bond acceptors (Lipinski definition) is 5. The number of benzene rings is 1. The molecule has 1 atom stereocenters. The van der Waals surface area contributed by atoms with Crippen LogP contribution in [0.15, 0.2) is 34.0 Å². The molecule has 1 saturated carbocycles. The number of aryl methyl sites for hydroxylation is 1. The zero-order valence-corrected chi connectivity index (χ0v) is 18.0. The Kier molecular flexibility index (Phi) is 5.94. The average molecular weight is 412 g/mol. The Hall–Kier alpha value is -2.28. The lowest BCUT2D eigenvalue weighted by Gasteiger charge is -2.16. The number of fused-ring (bicyclic) bond motifs is 1. The highest BCUT2D eigenvalue weighted by molar-refractivity contribution is 7.80. The molecule has 1 aromatic carbocycles. The van der Waals surface area contributed by atoms with Gasteiger partial charge in [-0.25, -0.2) is 9.78 Å². The minimum Gasteiger partial charge on any atom is -0.365 e. The van der Waals surface area contributed by atoms with Crippen molar-refractivity contribution in [1.82, 2.24) is 19.5 Å². The SMILES string of the molecule is CCCn1c(=O)nc(N[C@@H](C)Cc2ccc(S)cc2)c2[nH]c(C3CCCC3)nc21. The van der Waals surface area contributed by atoms with E-state index >= 15 is 0 Å². The Morgan fingerprint density at radius 3 is 2.66 bits per heavy atom. The van der Waals surface area contributed by atoms with Crippen molar-refractivity contribution in [2.24, 2.45) is 0 Å². The molecule has 154 valence electrons. The number of aromatic nitrogens is 4. The monoisotopic (exact) mass is 411 g/mol. The summed E-state index contributed by atoms with van der Waals surface area (Å²) in [6.45, 7) is 4.80. The van der Waals surface area contributed by atoms with E-state index in [0.717, 1.165) is 47.6 Å². The van der Waals surface area contributed by atoms with E-state index in [-0.39, 0.29) is 11.7 Å². The molecule has 0 saturated heterocycles. The Labute approximate surface area is 176 Å². The van der Waals surface area contributed by atoms with Gasteiger partial charge in [-0.05, 0) is 50.3 Å². The van der Waals surface area contributed by atoms with E-state index in [4.69, 9.17) is 4.98 Å². The van der Waals surface area contributed by atoms with Gasteiger partial charge < -0.3 is 10.3 Å². The second kappa shape index (κ2) is 8.61. The fraction of sp³-hybridized carbons (Fsp3) is 0.500. The van der Waals surface area contributed by atoms with Crippen molar-refractivity contribution in [3.8, 4) is 0 Å². The van der Waals surface area contributed by atoms with Gasteiger partial charge in [-0.2, -0.15) is 4.98 Å². The van der Waals surface area contributed by atoms with Gasteiger partial charge in [0.1, 0.15) is 11.3 Å². The molecule has 2 N–H and O–H groups in total. The molecule has 0 radical (unpaired) electrons. The first-order valence-electron chi connectivity index (χ1n) is 10.6. The molecule has 1 aliphatic carbocycles. The van der Waals surface area contributed by atoms with Gasteiger partial charge in [0.15, 0.2) is 11.5 Å². The summed E-state index contributed by atoms with van der Waals surface area (Å²) in [6, 6.07) is 8.28. The second-order valence-electron chi connectivity index (χ2n) is 8.11. The van der Waals surface area contributed by atoms with Crippen molar-refractivity contribution in [2.45, 2.75) is 75.8 Å². The van der Waals surface area contributed by atoms with Gasteiger partial charge in [0.25, 0.3) is 0 Å². The molecular weight excluding hydrogens is 382 g/mol. The van der Waals surface area contributed by atoms with E-state index in [1.807, 2.05) is 12.1 Å². The highest BCUT2D eigenvalue weighted by atomic mass is 32.1. The number of aromatic amines is 1. The Morgan fingerprint density at radius 1 is 1.24 bits per heavy atom. The number of anilines is 1. The van der Waals surface area contributed by atoms with Crippen molar-refractivity contribution in [3.63, 3.8) is 0 Å². The largest absolute Gasteiger partial charge is 0.365 e. The van der Waals surface area contributed by atoms with Crippen molar-refractivity contribution in [3.05, 3.63) is 46.1 Å². The van der Waals surface area contributed by atoms with Crippen LogP contribution in [0.2, 0.25) is 0 Å². The average Bonchev–Trinajstić information content (AvgIpc) is 3.36. The molecule has 0 amide bonds. The molecule has 3 aromatic rings. The summed E-state index contributed by atoms with van der Waals surface area (Å²) in [5.41, 5.74) is 2.55. The molecule has 2 heterocycles. The minimum atomic E-state index is -0.238. The van der Waals surface area contributed by atoms with E-state index in [0.29, 0.717) is 18.3 Å². The Morgan fingerprint density at radius 2 is 1.97 bits per heavy atom. The van der Waals surface area contributed by atoms with Crippen LogP contribution in [0.25, 0.3) is 11.2 Å². The molecule has 1 aliphatic rings. The normalized spacial score (nSPS) is 15.8. The fourth-order valence-electron chi connectivity index (χ4n) is 4.24. The van der Waals surface area contributed by atoms with Crippen LogP contribution >= 0.6 is 12.6 Å². The van der Waals surface area contributed by atoms with Gasteiger partial charge in [-0.15, -0.1) is 12.6 Å². The number of nitrogens with zero attached hydrogens (tertiary/aromatic N) is 3. The third kappa shape index (κ3) is 4.34. The van der Waals surface area contributed by atoms with Crippen LogP contribution in [0, 0.1) is 0 Å². The Balaban J connectivity index is 1.66. The summed E-state index contributed by atoms with van der Waals surface area (Å²) in [7, 11) is 0. The summed E-state index contributed by atoms with van der Waals surface area (Å²) in [4.78, 5) is 26.4. The molecule has 6 nitrogen and oxygen atoms in total. The highest BCUT2D eigenvalue weighted by Crippen LogP contribution is 2.34. The highest BCUT2D eigenvalue weighted by Gasteiger charge is 2.23. The quantitative estimate of drug-likeness (QED) is 0.500. The van der Waals surface area contributed by atoms with Gasteiger partial charge in [0, 0.05) is 23.4 Å². The van der Waals surface area contributed by atoms with E-state index < -0.39 is 0 Å². The summed E-state index contributed by atoms with van der Waals surface area (Å²) in [5.74, 6) is 2.06. The number of thiol groups is 1. The summed E-state index contributed by atoms with van der Waals surface area (Å²) < 4.78 is 1.70. The molecule has 0 aliphatic heterocycles. The first-order chi connectivity index (χ1) is 14.0. The second-order valence-corrected chi connectivity index (χ2v) is 8.63. The zero-order valence-electron chi connectivity index (χ0n) is 17.1. The molecule has 0 unspecified atom stereocenters. The number of rotatable bonds is 7. The first kappa shape index (κ1) is 20.0. The van der Waals surface area contributed by atoms with E-state index in [1.54, 1.807) is 4.57 Å². The summed E-state index contributed by atoms with van der Waals surface area (Å²) >= 11 is 4.35. The standard InChI is InChI=1S/C22H29N5OS/c1-3-12-27-21-18(24-19(25-21)16-6-4-5-7-16)20(26-22(27)28)23-14(2)13-15-8-10-17(29)11-9-15/h8-11,14,16,29H,3-7,12-13H2,1-2H3,(H,24,25)(H,23,26,28)/t14-/m0/s1. The Bertz CT molecular complexity index is 1030. The van der Waals surface area contributed by atoms with Crippen LogP contribution in [-0.2, 0) is 13.0 Å². The van der Waals surface area contributed by atoms with Crippen molar-refractivity contribution in [2.75, 3.05) is 5.32 Å². The topological polar surface area (TPSA) is 75.6 Å².